The summed E-state index contributed by atoms with van der Waals surface area (Å²) < 4.78 is 5.52. The van der Waals surface area contributed by atoms with E-state index in [9.17, 15) is 0 Å². The van der Waals surface area contributed by atoms with Crippen LogP contribution in [0, 0.1) is 6.92 Å². The fourth-order valence-electron chi connectivity index (χ4n) is 1.85. The Bertz CT molecular complexity index is 473. The van der Waals surface area contributed by atoms with Crippen LogP contribution in [0.5, 0.6) is 0 Å². The minimum absolute atomic E-state index is 0.893. The molecule has 0 saturated carbocycles. The molecule has 2 rings (SSSR count). The Balaban J connectivity index is 1.71. The van der Waals surface area contributed by atoms with Crippen LogP contribution in [0.4, 0.5) is 5.69 Å². The Morgan fingerprint density at radius 1 is 1.06 bits per heavy atom. The van der Waals surface area contributed by atoms with Gasteiger partial charge in [-0.05, 0) is 36.8 Å². The van der Waals surface area contributed by atoms with Crippen molar-refractivity contribution in [3.05, 3.63) is 53.5 Å². The lowest BCUT2D eigenvalue weighted by Gasteiger charge is -2.05. The predicted molar refractivity (Wildman–Crippen MR) is 74.8 cm³/mol. The van der Waals surface area contributed by atoms with E-state index in [0.717, 1.165) is 36.7 Å². The maximum atomic E-state index is 5.52. The Morgan fingerprint density at radius 3 is 2.44 bits per heavy atom. The second kappa shape index (κ2) is 6.26. The molecule has 0 radical (unpaired) electrons. The maximum Gasteiger partial charge on any atom is 0.105 e. The van der Waals surface area contributed by atoms with Crippen LogP contribution in [-0.2, 0) is 13.0 Å². The van der Waals surface area contributed by atoms with Gasteiger partial charge in [0.25, 0.3) is 0 Å². The number of rotatable bonds is 6. The quantitative estimate of drug-likeness (QED) is 0.767. The van der Waals surface area contributed by atoms with Crippen LogP contribution in [0.2, 0.25) is 0 Å². The second-order valence-corrected chi connectivity index (χ2v) is 4.39. The smallest absolute Gasteiger partial charge is 0.105 e. The lowest BCUT2D eigenvalue weighted by atomic mass is 10.2. The molecule has 3 heteroatoms. The van der Waals surface area contributed by atoms with Gasteiger partial charge in [-0.15, -0.1) is 0 Å². The number of hydrogen-bond donors (Lipinski definition) is 2. The molecule has 3 nitrogen and oxygen atoms in total. The molecule has 0 saturated heterocycles. The number of furan rings is 1. The molecule has 1 aromatic carbocycles. The zero-order valence-electron chi connectivity index (χ0n) is 11.0. The summed E-state index contributed by atoms with van der Waals surface area (Å²) in [5.74, 6) is 2.03. The van der Waals surface area contributed by atoms with Gasteiger partial charge >= 0.3 is 0 Å². The van der Waals surface area contributed by atoms with Crippen LogP contribution in [-0.4, -0.2) is 13.6 Å². The molecule has 0 aliphatic rings. The second-order valence-electron chi connectivity index (χ2n) is 4.39. The van der Waals surface area contributed by atoms with Crippen molar-refractivity contribution in [3.8, 4) is 0 Å². The minimum Gasteiger partial charge on any atom is -0.466 e. The molecule has 1 heterocycles. The summed E-state index contributed by atoms with van der Waals surface area (Å²) in [5, 5.41) is 6.53. The van der Waals surface area contributed by atoms with Gasteiger partial charge in [-0.1, -0.05) is 12.1 Å². The lowest BCUT2D eigenvalue weighted by molar-refractivity contribution is 0.475. The average molecular weight is 244 g/mol. The van der Waals surface area contributed by atoms with E-state index >= 15 is 0 Å². The largest absolute Gasteiger partial charge is 0.466 e. The maximum absolute atomic E-state index is 5.52. The van der Waals surface area contributed by atoms with Gasteiger partial charge < -0.3 is 15.1 Å². The van der Waals surface area contributed by atoms with Crippen LogP contribution in [0.15, 0.2) is 40.8 Å². The minimum atomic E-state index is 0.893. The van der Waals surface area contributed by atoms with Crippen molar-refractivity contribution in [2.45, 2.75) is 19.9 Å². The van der Waals surface area contributed by atoms with E-state index in [0.29, 0.717) is 0 Å². The summed E-state index contributed by atoms with van der Waals surface area (Å²) in [6, 6.07) is 12.5. The van der Waals surface area contributed by atoms with Gasteiger partial charge in [0.05, 0.1) is 0 Å². The zero-order valence-corrected chi connectivity index (χ0v) is 11.0. The Hall–Kier alpha value is -1.74. The van der Waals surface area contributed by atoms with E-state index in [1.54, 1.807) is 0 Å². The van der Waals surface area contributed by atoms with Crippen LogP contribution in [0.25, 0.3) is 0 Å². The molecular weight excluding hydrogens is 224 g/mol. The number of aryl methyl sites for hydroxylation is 1. The molecule has 0 amide bonds. The van der Waals surface area contributed by atoms with Crippen LogP contribution >= 0.6 is 0 Å². The summed E-state index contributed by atoms with van der Waals surface area (Å²) >= 11 is 0. The normalized spacial score (nSPS) is 10.6. The highest BCUT2D eigenvalue weighted by Gasteiger charge is 1.98. The molecule has 0 aliphatic carbocycles. The van der Waals surface area contributed by atoms with Crippen LogP contribution in [0.1, 0.15) is 17.1 Å². The topological polar surface area (TPSA) is 37.2 Å². The summed E-state index contributed by atoms with van der Waals surface area (Å²) in [7, 11) is 1.93. The third kappa shape index (κ3) is 3.64. The van der Waals surface area contributed by atoms with E-state index in [1.165, 1.54) is 5.56 Å². The highest BCUT2D eigenvalue weighted by molar-refractivity contribution is 5.43. The first kappa shape index (κ1) is 12.7. The summed E-state index contributed by atoms with van der Waals surface area (Å²) in [6.07, 6.45) is 0.933. The molecule has 1 aromatic heterocycles. The monoisotopic (exact) mass is 244 g/mol. The van der Waals surface area contributed by atoms with Crippen molar-refractivity contribution < 1.29 is 4.42 Å². The SMILES string of the molecule is CNc1ccc(CNCCc2ccc(C)o2)cc1. The van der Waals surface area contributed by atoms with E-state index in [2.05, 4.69) is 34.9 Å². The fourth-order valence-corrected chi connectivity index (χ4v) is 1.85. The average Bonchev–Trinajstić information content (AvgIpc) is 2.81. The molecule has 0 spiro atoms. The molecule has 2 aromatic rings. The molecule has 0 atom stereocenters. The Morgan fingerprint density at radius 2 is 1.83 bits per heavy atom. The molecular formula is C15H20N2O. The van der Waals surface area contributed by atoms with E-state index < -0.39 is 0 Å². The van der Waals surface area contributed by atoms with Crippen molar-refractivity contribution in [1.29, 1.82) is 0 Å². The summed E-state index contributed by atoms with van der Waals surface area (Å²) in [6.45, 7) is 3.80. The number of hydrogen-bond acceptors (Lipinski definition) is 3. The van der Waals surface area contributed by atoms with Crippen LogP contribution in [0.3, 0.4) is 0 Å². The molecule has 0 fully saturated rings. The third-order valence-electron chi connectivity index (χ3n) is 2.92. The molecule has 0 unspecified atom stereocenters. The van der Waals surface area contributed by atoms with Gasteiger partial charge in [-0.3, -0.25) is 0 Å². The Labute approximate surface area is 108 Å². The van der Waals surface area contributed by atoms with Crippen molar-refractivity contribution in [2.75, 3.05) is 18.9 Å². The van der Waals surface area contributed by atoms with Crippen molar-refractivity contribution in [2.24, 2.45) is 0 Å². The molecule has 0 bridgehead atoms. The fraction of sp³-hybridized carbons (Fsp3) is 0.333. The van der Waals surface area contributed by atoms with E-state index in [4.69, 9.17) is 4.42 Å². The third-order valence-corrected chi connectivity index (χ3v) is 2.92. The molecule has 0 aliphatic heterocycles. The summed E-state index contributed by atoms with van der Waals surface area (Å²) in [5.41, 5.74) is 2.44. The highest BCUT2D eigenvalue weighted by atomic mass is 16.3. The predicted octanol–water partition coefficient (Wildman–Crippen LogP) is 2.96. The van der Waals surface area contributed by atoms with Crippen molar-refractivity contribution in [3.63, 3.8) is 0 Å². The molecule has 96 valence electrons. The summed E-state index contributed by atoms with van der Waals surface area (Å²) in [4.78, 5) is 0. The first-order valence-electron chi connectivity index (χ1n) is 6.30. The first-order valence-corrected chi connectivity index (χ1v) is 6.30. The number of anilines is 1. The van der Waals surface area contributed by atoms with Gasteiger partial charge in [-0.25, -0.2) is 0 Å². The van der Waals surface area contributed by atoms with Gasteiger partial charge in [0.15, 0.2) is 0 Å². The van der Waals surface area contributed by atoms with Gasteiger partial charge in [-0.2, -0.15) is 0 Å². The Kier molecular flexibility index (Phi) is 4.42. The van der Waals surface area contributed by atoms with Gasteiger partial charge in [0.1, 0.15) is 11.5 Å². The number of nitrogens with one attached hydrogen (secondary N) is 2. The lowest BCUT2D eigenvalue weighted by Crippen LogP contribution is -2.16. The van der Waals surface area contributed by atoms with Crippen molar-refractivity contribution >= 4 is 5.69 Å². The number of benzene rings is 1. The van der Waals surface area contributed by atoms with E-state index in [-0.39, 0.29) is 0 Å². The van der Waals surface area contributed by atoms with Crippen LogP contribution < -0.4 is 10.6 Å². The molecule has 2 N–H and O–H groups in total. The van der Waals surface area contributed by atoms with E-state index in [1.807, 2.05) is 26.1 Å². The van der Waals surface area contributed by atoms with Gasteiger partial charge in [0, 0.05) is 32.2 Å². The zero-order chi connectivity index (χ0) is 12.8. The highest BCUT2D eigenvalue weighted by Crippen LogP contribution is 2.09. The van der Waals surface area contributed by atoms with Crippen molar-refractivity contribution in [1.82, 2.24) is 5.32 Å². The molecule has 18 heavy (non-hydrogen) atoms. The van der Waals surface area contributed by atoms with Gasteiger partial charge in [0.2, 0.25) is 0 Å². The first-order chi connectivity index (χ1) is 8.78. The standard InChI is InChI=1S/C15H20N2O/c1-12-3-8-15(18-12)9-10-17-11-13-4-6-14(16-2)7-5-13/h3-8,16-17H,9-11H2,1-2H3.